The first-order valence-corrected chi connectivity index (χ1v) is 5.75. The molecular formula is C13H15N3O2. The molecule has 0 aromatic carbocycles. The highest BCUT2D eigenvalue weighted by molar-refractivity contribution is 5.67. The number of nitrogens with zero attached hydrogens (tertiary/aromatic N) is 3. The Morgan fingerprint density at radius 2 is 2.22 bits per heavy atom. The quantitative estimate of drug-likeness (QED) is 0.892. The van der Waals surface area contributed by atoms with Crippen molar-refractivity contribution >= 4 is 5.97 Å². The van der Waals surface area contributed by atoms with E-state index < -0.39 is 5.97 Å². The monoisotopic (exact) mass is 245 g/mol. The van der Waals surface area contributed by atoms with E-state index in [2.05, 4.69) is 10.1 Å². The number of aryl methyl sites for hydroxylation is 2. The topological polar surface area (TPSA) is 68.0 Å². The van der Waals surface area contributed by atoms with E-state index >= 15 is 0 Å². The minimum atomic E-state index is -0.806. The van der Waals surface area contributed by atoms with Gasteiger partial charge in [-0.1, -0.05) is 6.07 Å². The Labute approximate surface area is 105 Å². The summed E-state index contributed by atoms with van der Waals surface area (Å²) in [4.78, 5) is 14.9. The minimum absolute atomic E-state index is 0.0967. The number of aromatic nitrogens is 3. The Morgan fingerprint density at radius 3 is 2.83 bits per heavy atom. The van der Waals surface area contributed by atoms with Crippen LogP contribution < -0.4 is 0 Å². The lowest BCUT2D eigenvalue weighted by Crippen LogP contribution is -1.99. The second kappa shape index (κ2) is 5.00. The van der Waals surface area contributed by atoms with Crippen LogP contribution in [-0.4, -0.2) is 25.8 Å². The van der Waals surface area contributed by atoms with E-state index in [0.29, 0.717) is 6.42 Å². The largest absolute Gasteiger partial charge is 0.481 e. The second-order valence-electron chi connectivity index (χ2n) is 4.15. The molecule has 0 spiro atoms. The number of aliphatic carboxylic acids is 1. The first-order chi connectivity index (χ1) is 8.59. The molecule has 0 aliphatic rings. The molecule has 0 saturated carbocycles. The Hall–Kier alpha value is -2.17. The molecule has 1 N–H and O–H groups in total. The van der Waals surface area contributed by atoms with Crippen LogP contribution in [0.2, 0.25) is 0 Å². The fourth-order valence-corrected chi connectivity index (χ4v) is 2.01. The molecule has 94 valence electrons. The van der Waals surface area contributed by atoms with Gasteiger partial charge in [0.25, 0.3) is 0 Å². The molecule has 0 atom stereocenters. The van der Waals surface area contributed by atoms with Crippen LogP contribution in [0.15, 0.2) is 24.4 Å². The van der Waals surface area contributed by atoms with Crippen molar-refractivity contribution in [2.24, 2.45) is 7.05 Å². The van der Waals surface area contributed by atoms with E-state index in [1.165, 1.54) is 0 Å². The van der Waals surface area contributed by atoms with Crippen LogP contribution in [-0.2, 0) is 18.3 Å². The molecule has 5 nitrogen and oxygen atoms in total. The van der Waals surface area contributed by atoms with E-state index in [9.17, 15) is 4.79 Å². The maximum Gasteiger partial charge on any atom is 0.303 e. The Bertz CT molecular complexity index is 561. The normalized spacial score (nSPS) is 10.6. The van der Waals surface area contributed by atoms with Crippen molar-refractivity contribution in [1.29, 1.82) is 0 Å². The Morgan fingerprint density at radius 1 is 1.44 bits per heavy atom. The van der Waals surface area contributed by atoms with E-state index in [1.54, 1.807) is 10.9 Å². The molecule has 0 unspecified atom stereocenters. The Kier molecular flexibility index (Phi) is 3.41. The fourth-order valence-electron chi connectivity index (χ4n) is 2.01. The van der Waals surface area contributed by atoms with Crippen LogP contribution in [0.1, 0.15) is 17.7 Å². The average Bonchev–Trinajstić information content (AvgIpc) is 2.63. The predicted molar refractivity (Wildman–Crippen MR) is 67.1 cm³/mol. The molecule has 0 saturated heterocycles. The van der Waals surface area contributed by atoms with Gasteiger partial charge in [-0.05, 0) is 24.6 Å². The number of carbonyl (C=O) groups is 1. The maximum atomic E-state index is 10.6. The smallest absolute Gasteiger partial charge is 0.303 e. The number of rotatable bonds is 4. The maximum absolute atomic E-state index is 10.6. The lowest BCUT2D eigenvalue weighted by Gasteiger charge is -2.02. The van der Waals surface area contributed by atoms with Gasteiger partial charge in [0, 0.05) is 19.7 Å². The zero-order valence-corrected chi connectivity index (χ0v) is 10.4. The summed E-state index contributed by atoms with van der Waals surface area (Å²) in [5.74, 6) is -0.806. The van der Waals surface area contributed by atoms with Gasteiger partial charge in [0.05, 0.1) is 23.5 Å². The molecule has 2 heterocycles. The summed E-state index contributed by atoms with van der Waals surface area (Å²) in [5.41, 5.74) is 3.61. The van der Waals surface area contributed by atoms with E-state index in [4.69, 9.17) is 5.11 Å². The van der Waals surface area contributed by atoms with Crippen molar-refractivity contribution in [2.75, 3.05) is 0 Å². The van der Waals surface area contributed by atoms with Crippen molar-refractivity contribution in [2.45, 2.75) is 19.8 Å². The molecule has 5 heteroatoms. The molecule has 0 fully saturated rings. The van der Waals surface area contributed by atoms with Gasteiger partial charge in [0.1, 0.15) is 0 Å². The molecule has 0 bridgehead atoms. The highest BCUT2D eigenvalue weighted by atomic mass is 16.4. The first kappa shape index (κ1) is 12.3. The molecule has 0 radical (unpaired) electrons. The molecule has 2 aromatic rings. The summed E-state index contributed by atoms with van der Waals surface area (Å²) in [7, 11) is 1.85. The molecule has 2 rings (SSSR count). The number of carboxylic acid groups (broad SMARTS) is 1. The van der Waals surface area contributed by atoms with Crippen LogP contribution in [0.4, 0.5) is 0 Å². The van der Waals surface area contributed by atoms with Gasteiger partial charge < -0.3 is 5.11 Å². The molecule has 0 amide bonds. The van der Waals surface area contributed by atoms with Gasteiger partial charge in [-0.15, -0.1) is 0 Å². The van der Waals surface area contributed by atoms with Gasteiger partial charge in [0.2, 0.25) is 0 Å². The van der Waals surface area contributed by atoms with Crippen LogP contribution >= 0.6 is 0 Å². The average molecular weight is 245 g/mol. The van der Waals surface area contributed by atoms with Crippen molar-refractivity contribution in [3.05, 3.63) is 35.7 Å². The molecular weight excluding hydrogens is 230 g/mol. The molecule has 0 aliphatic heterocycles. The van der Waals surface area contributed by atoms with Gasteiger partial charge in [-0.25, -0.2) is 0 Å². The zero-order valence-electron chi connectivity index (χ0n) is 10.4. The number of hydrogen-bond acceptors (Lipinski definition) is 3. The van der Waals surface area contributed by atoms with Crippen LogP contribution in [0, 0.1) is 6.92 Å². The minimum Gasteiger partial charge on any atom is -0.481 e. The van der Waals surface area contributed by atoms with Crippen LogP contribution in [0.5, 0.6) is 0 Å². The van der Waals surface area contributed by atoms with E-state index in [0.717, 1.165) is 22.6 Å². The van der Waals surface area contributed by atoms with Crippen LogP contribution in [0.25, 0.3) is 11.4 Å². The summed E-state index contributed by atoms with van der Waals surface area (Å²) in [6, 6.07) is 5.71. The lowest BCUT2D eigenvalue weighted by molar-refractivity contribution is -0.136. The third-order valence-corrected chi connectivity index (χ3v) is 2.87. The van der Waals surface area contributed by atoms with Crippen LogP contribution in [0.3, 0.4) is 0 Å². The number of hydrogen-bond donors (Lipinski definition) is 1. The molecule has 2 aromatic heterocycles. The van der Waals surface area contributed by atoms with Gasteiger partial charge >= 0.3 is 5.97 Å². The van der Waals surface area contributed by atoms with Gasteiger partial charge in [-0.2, -0.15) is 5.10 Å². The summed E-state index contributed by atoms with van der Waals surface area (Å²) in [6.07, 6.45) is 2.28. The zero-order chi connectivity index (χ0) is 13.1. The van der Waals surface area contributed by atoms with Crippen molar-refractivity contribution < 1.29 is 9.90 Å². The third kappa shape index (κ3) is 2.40. The third-order valence-electron chi connectivity index (χ3n) is 2.87. The summed E-state index contributed by atoms with van der Waals surface area (Å²) >= 11 is 0. The van der Waals surface area contributed by atoms with Crippen molar-refractivity contribution in [3.8, 4) is 11.4 Å². The summed E-state index contributed by atoms with van der Waals surface area (Å²) in [5, 5.41) is 13.1. The lowest BCUT2D eigenvalue weighted by atomic mass is 10.1. The predicted octanol–water partition coefficient (Wildman–Crippen LogP) is 1.81. The summed E-state index contributed by atoms with van der Waals surface area (Å²) in [6.45, 7) is 1.95. The SMILES string of the molecule is Cc1c(CCC(=O)O)nn(C)c1-c1ccccn1. The second-order valence-corrected chi connectivity index (χ2v) is 4.15. The number of pyridine rings is 1. The van der Waals surface area contributed by atoms with Gasteiger partial charge in [-0.3, -0.25) is 14.5 Å². The highest BCUT2D eigenvalue weighted by Gasteiger charge is 2.15. The molecule has 18 heavy (non-hydrogen) atoms. The fraction of sp³-hybridized carbons (Fsp3) is 0.308. The van der Waals surface area contributed by atoms with Crippen molar-refractivity contribution in [3.63, 3.8) is 0 Å². The number of carboxylic acids is 1. The summed E-state index contributed by atoms with van der Waals surface area (Å²) < 4.78 is 1.76. The van der Waals surface area contributed by atoms with E-state index in [-0.39, 0.29) is 6.42 Å². The Balaban J connectivity index is 2.35. The standard InChI is InChI=1S/C13H15N3O2/c1-9-10(6-7-12(17)18)15-16(2)13(9)11-5-3-4-8-14-11/h3-5,8H,6-7H2,1-2H3,(H,17,18). The highest BCUT2D eigenvalue weighted by Crippen LogP contribution is 2.23. The molecule has 0 aliphatic carbocycles. The first-order valence-electron chi connectivity index (χ1n) is 5.75. The van der Waals surface area contributed by atoms with E-state index in [1.807, 2.05) is 32.2 Å². The van der Waals surface area contributed by atoms with Gasteiger partial charge in [0.15, 0.2) is 0 Å². The van der Waals surface area contributed by atoms with Crippen molar-refractivity contribution in [1.82, 2.24) is 14.8 Å².